The van der Waals surface area contributed by atoms with Crippen molar-refractivity contribution in [3.63, 3.8) is 0 Å². The predicted octanol–water partition coefficient (Wildman–Crippen LogP) is 2.04. The molecule has 0 aliphatic carbocycles. The fourth-order valence-corrected chi connectivity index (χ4v) is 2.34. The van der Waals surface area contributed by atoms with Gasteiger partial charge in [0, 0.05) is 11.9 Å². The second kappa shape index (κ2) is 7.36. The molecule has 0 bridgehead atoms. The number of nitriles is 1. The molecule has 0 saturated carbocycles. The van der Waals surface area contributed by atoms with E-state index < -0.39 is 11.9 Å². The first kappa shape index (κ1) is 16.4. The monoisotopic (exact) mass is 311 g/mol. The number of hydrogen-bond acceptors (Lipinski definition) is 5. The smallest absolute Gasteiger partial charge is 0.340 e. The van der Waals surface area contributed by atoms with E-state index in [1.807, 2.05) is 37.3 Å². The molecule has 0 spiro atoms. The summed E-state index contributed by atoms with van der Waals surface area (Å²) in [6, 6.07) is 9.45. The molecule has 0 aliphatic rings. The molecule has 0 saturated heterocycles. The van der Waals surface area contributed by atoms with Crippen LogP contribution in [0.25, 0.3) is 10.9 Å². The van der Waals surface area contributed by atoms with Crippen LogP contribution in [0, 0.1) is 25.2 Å². The van der Waals surface area contributed by atoms with E-state index in [9.17, 15) is 9.59 Å². The molecule has 2 aromatic rings. The second-order valence-electron chi connectivity index (χ2n) is 5.05. The minimum atomic E-state index is -0.575. The van der Waals surface area contributed by atoms with Crippen molar-refractivity contribution in [1.29, 1.82) is 5.26 Å². The molecule has 1 aromatic carbocycles. The van der Waals surface area contributed by atoms with Crippen LogP contribution in [0.4, 0.5) is 0 Å². The van der Waals surface area contributed by atoms with Gasteiger partial charge in [-0.1, -0.05) is 18.2 Å². The minimum Gasteiger partial charge on any atom is -0.452 e. The van der Waals surface area contributed by atoms with Crippen LogP contribution in [0.5, 0.6) is 0 Å². The predicted molar refractivity (Wildman–Crippen MR) is 84.7 cm³/mol. The number of carbonyl (C=O) groups excluding carboxylic acids is 2. The van der Waals surface area contributed by atoms with E-state index in [2.05, 4.69) is 10.3 Å². The van der Waals surface area contributed by atoms with Crippen LogP contribution in [-0.2, 0) is 9.53 Å². The largest absolute Gasteiger partial charge is 0.452 e. The Morgan fingerprint density at radius 1 is 1.30 bits per heavy atom. The van der Waals surface area contributed by atoms with Gasteiger partial charge in [-0.2, -0.15) is 5.26 Å². The Morgan fingerprint density at radius 3 is 2.78 bits per heavy atom. The van der Waals surface area contributed by atoms with E-state index in [1.165, 1.54) is 0 Å². The maximum Gasteiger partial charge on any atom is 0.340 e. The first-order valence-corrected chi connectivity index (χ1v) is 7.21. The Labute approximate surface area is 134 Å². The van der Waals surface area contributed by atoms with Crippen molar-refractivity contribution >= 4 is 22.8 Å². The van der Waals surface area contributed by atoms with Gasteiger partial charge in [0.25, 0.3) is 5.91 Å². The molecule has 1 aromatic heterocycles. The van der Waals surface area contributed by atoms with Crippen LogP contribution in [0.15, 0.2) is 24.3 Å². The number of benzene rings is 1. The lowest BCUT2D eigenvalue weighted by atomic mass is 10.0. The molecule has 23 heavy (non-hydrogen) atoms. The number of carbonyl (C=O) groups is 2. The van der Waals surface area contributed by atoms with Crippen LogP contribution >= 0.6 is 0 Å². The first-order chi connectivity index (χ1) is 11.0. The highest BCUT2D eigenvalue weighted by molar-refractivity contribution is 5.99. The number of nitrogens with zero attached hydrogens (tertiary/aromatic N) is 2. The second-order valence-corrected chi connectivity index (χ2v) is 5.05. The number of fused-ring (bicyclic) bond motifs is 1. The lowest BCUT2D eigenvalue weighted by Crippen LogP contribution is -2.29. The molecule has 6 nitrogen and oxygen atoms in total. The van der Waals surface area contributed by atoms with Crippen LogP contribution < -0.4 is 5.32 Å². The maximum atomic E-state index is 12.3. The molecule has 1 heterocycles. The van der Waals surface area contributed by atoms with Crippen LogP contribution in [-0.4, -0.2) is 30.0 Å². The van der Waals surface area contributed by atoms with Gasteiger partial charge < -0.3 is 10.1 Å². The number of para-hydroxylation sites is 1. The van der Waals surface area contributed by atoms with E-state index in [0.717, 1.165) is 16.5 Å². The fourth-order valence-electron chi connectivity index (χ4n) is 2.34. The molecule has 1 N–H and O–H groups in total. The van der Waals surface area contributed by atoms with Crippen molar-refractivity contribution in [2.24, 2.45) is 0 Å². The summed E-state index contributed by atoms with van der Waals surface area (Å²) in [6.45, 7) is 3.43. The number of esters is 1. The van der Waals surface area contributed by atoms with Crippen molar-refractivity contribution < 1.29 is 14.3 Å². The van der Waals surface area contributed by atoms with E-state index in [1.54, 1.807) is 6.92 Å². The zero-order valence-corrected chi connectivity index (χ0v) is 13.0. The Balaban J connectivity index is 2.12. The van der Waals surface area contributed by atoms with Crippen LogP contribution in [0.3, 0.4) is 0 Å². The summed E-state index contributed by atoms with van der Waals surface area (Å²) in [5.41, 5.74) is 2.54. The van der Waals surface area contributed by atoms with E-state index in [-0.39, 0.29) is 19.6 Å². The number of pyridine rings is 1. The molecule has 0 unspecified atom stereocenters. The average molecular weight is 311 g/mol. The molecular formula is C17H17N3O3. The summed E-state index contributed by atoms with van der Waals surface area (Å²) in [5.74, 6) is -1.01. The van der Waals surface area contributed by atoms with Crippen molar-refractivity contribution in [2.75, 3.05) is 13.2 Å². The zero-order valence-electron chi connectivity index (χ0n) is 13.0. The molecule has 118 valence electrons. The third kappa shape index (κ3) is 3.83. The highest BCUT2D eigenvalue weighted by Crippen LogP contribution is 2.23. The van der Waals surface area contributed by atoms with Crippen LogP contribution in [0.1, 0.15) is 28.0 Å². The number of hydrogen-bond donors (Lipinski definition) is 1. The van der Waals surface area contributed by atoms with Gasteiger partial charge in [-0.25, -0.2) is 4.79 Å². The number of nitrogens with one attached hydrogen (secondary N) is 1. The molecule has 6 heteroatoms. The number of amides is 1. The van der Waals surface area contributed by atoms with Crippen molar-refractivity contribution in [3.05, 3.63) is 41.1 Å². The molecular weight excluding hydrogens is 294 g/mol. The molecule has 0 atom stereocenters. The summed E-state index contributed by atoms with van der Waals surface area (Å²) < 4.78 is 5.06. The summed E-state index contributed by atoms with van der Waals surface area (Å²) in [7, 11) is 0. The van der Waals surface area contributed by atoms with Gasteiger partial charge in [0.2, 0.25) is 0 Å². The molecule has 2 rings (SSSR count). The van der Waals surface area contributed by atoms with E-state index in [4.69, 9.17) is 10.00 Å². The van der Waals surface area contributed by atoms with E-state index in [0.29, 0.717) is 11.3 Å². The summed E-state index contributed by atoms with van der Waals surface area (Å²) in [6.07, 6.45) is 0.215. The van der Waals surface area contributed by atoms with Gasteiger partial charge >= 0.3 is 5.97 Å². The lowest BCUT2D eigenvalue weighted by molar-refractivity contribution is -0.124. The Bertz CT molecular complexity index is 794. The fraction of sp³-hybridized carbons (Fsp3) is 0.294. The van der Waals surface area contributed by atoms with Crippen molar-refractivity contribution in [3.8, 4) is 6.07 Å². The van der Waals surface area contributed by atoms with Gasteiger partial charge in [-0.3, -0.25) is 9.78 Å². The van der Waals surface area contributed by atoms with Crippen LogP contribution in [0.2, 0.25) is 0 Å². The third-order valence-electron chi connectivity index (χ3n) is 3.43. The van der Waals surface area contributed by atoms with E-state index >= 15 is 0 Å². The topological polar surface area (TPSA) is 92.1 Å². The van der Waals surface area contributed by atoms with Gasteiger partial charge in [0.15, 0.2) is 6.61 Å². The van der Waals surface area contributed by atoms with Crippen molar-refractivity contribution in [2.45, 2.75) is 20.3 Å². The first-order valence-electron chi connectivity index (χ1n) is 7.21. The lowest BCUT2D eigenvalue weighted by Gasteiger charge is -2.12. The normalized spacial score (nSPS) is 10.1. The summed E-state index contributed by atoms with van der Waals surface area (Å²) in [5, 5.41) is 11.8. The molecule has 0 fully saturated rings. The number of aryl methyl sites for hydroxylation is 2. The summed E-state index contributed by atoms with van der Waals surface area (Å²) >= 11 is 0. The Hall–Kier alpha value is -2.94. The quantitative estimate of drug-likeness (QED) is 0.674. The van der Waals surface area contributed by atoms with Crippen molar-refractivity contribution in [1.82, 2.24) is 10.3 Å². The molecule has 0 radical (unpaired) electrons. The number of rotatable bonds is 5. The molecule has 0 aliphatic heterocycles. The SMILES string of the molecule is Cc1nc2ccccc2c(C)c1C(=O)OCC(=O)NCCC#N. The van der Waals surface area contributed by atoms with Gasteiger partial charge in [-0.05, 0) is 25.5 Å². The van der Waals surface area contributed by atoms with Gasteiger partial charge in [0.1, 0.15) is 0 Å². The maximum absolute atomic E-state index is 12.3. The summed E-state index contributed by atoms with van der Waals surface area (Å²) in [4.78, 5) is 28.2. The van der Waals surface area contributed by atoms with Gasteiger partial charge in [-0.15, -0.1) is 0 Å². The highest BCUT2D eigenvalue weighted by atomic mass is 16.5. The number of ether oxygens (including phenoxy) is 1. The van der Waals surface area contributed by atoms with Gasteiger partial charge in [0.05, 0.1) is 29.3 Å². The Kier molecular flexibility index (Phi) is 5.26. The average Bonchev–Trinajstić information content (AvgIpc) is 2.53. The zero-order chi connectivity index (χ0) is 16.8. The highest BCUT2D eigenvalue weighted by Gasteiger charge is 2.18. The standard InChI is InChI=1S/C17H17N3O3/c1-11-13-6-3-4-7-14(13)20-12(2)16(11)17(22)23-10-15(21)19-9-5-8-18/h3-4,6-7H,5,9-10H2,1-2H3,(H,19,21). The minimum absolute atomic E-state index is 0.215. The number of aromatic nitrogens is 1. The molecule has 1 amide bonds. The Morgan fingerprint density at radius 2 is 2.04 bits per heavy atom. The third-order valence-corrected chi connectivity index (χ3v) is 3.43.